The van der Waals surface area contributed by atoms with Crippen molar-refractivity contribution in [1.82, 2.24) is 4.90 Å². The van der Waals surface area contributed by atoms with E-state index in [1.54, 1.807) is 12.3 Å². The van der Waals surface area contributed by atoms with Gasteiger partial charge in [0.1, 0.15) is 5.58 Å². The SMILES string of the molecule is C=CN(C)C.Cc1cc(=O)oc2ccccc12. The van der Waals surface area contributed by atoms with Crippen molar-refractivity contribution in [2.45, 2.75) is 6.92 Å². The first-order valence-corrected chi connectivity index (χ1v) is 5.33. The third kappa shape index (κ3) is 3.79. The van der Waals surface area contributed by atoms with E-state index in [0.29, 0.717) is 5.58 Å². The normalized spacial score (nSPS) is 9.35. The third-order valence-corrected chi connectivity index (χ3v) is 2.22. The molecule has 0 bridgehead atoms. The van der Waals surface area contributed by atoms with Crippen LogP contribution in [-0.4, -0.2) is 19.0 Å². The second-order valence-corrected chi connectivity index (χ2v) is 3.89. The molecule has 0 radical (unpaired) electrons. The van der Waals surface area contributed by atoms with E-state index < -0.39 is 0 Å². The minimum absolute atomic E-state index is 0.286. The fourth-order valence-electron chi connectivity index (χ4n) is 1.27. The Morgan fingerprint density at radius 1 is 1.29 bits per heavy atom. The summed E-state index contributed by atoms with van der Waals surface area (Å²) in [5.74, 6) is 0. The summed E-state index contributed by atoms with van der Waals surface area (Å²) in [6.45, 7) is 5.39. The summed E-state index contributed by atoms with van der Waals surface area (Å²) >= 11 is 0. The monoisotopic (exact) mass is 231 g/mol. The van der Waals surface area contributed by atoms with Gasteiger partial charge in [-0.3, -0.25) is 0 Å². The lowest BCUT2D eigenvalue weighted by molar-refractivity contribution is 0.560. The van der Waals surface area contributed by atoms with Crippen molar-refractivity contribution in [3.8, 4) is 0 Å². The highest BCUT2D eigenvalue weighted by Gasteiger charge is 1.98. The molecule has 3 nitrogen and oxygen atoms in total. The lowest BCUT2D eigenvalue weighted by Gasteiger charge is -1.98. The molecule has 1 heterocycles. The Bertz CT molecular complexity index is 555. The van der Waals surface area contributed by atoms with E-state index in [2.05, 4.69) is 6.58 Å². The van der Waals surface area contributed by atoms with Crippen LogP contribution in [0.5, 0.6) is 0 Å². The van der Waals surface area contributed by atoms with Gasteiger partial charge in [-0.05, 0) is 24.8 Å². The largest absolute Gasteiger partial charge is 0.423 e. The van der Waals surface area contributed by atoms with Crippen molar-refractivity contribution in [1.29, 1.82) is 0 Å². The van der Waals surface area contributed by atoms with Crippen molar-refractivity contribution in [2.75, 3.05) is 14.1 Å². The molecule has 90 valence electrons. The molecule has 0 saturated carbocycles. The summed E-state index contributed by atoms with van der Waals surface area (Å²) < 4.78 is 4.99. The average Bonchev–Trinajstić information content (AvgIpc) is 2.29. The maximum Gasteiger partial charge on any atom is 0.336 e. The van der Waals surface area contributed by atoms with Crippen molar-refractivity contribution >= 4 is 11.0 Å². The molecule has 0 fully saturated rings. The topological polar surface area (TPSA) is 33.5 Å². The summed E-state index contributed by atoms with van der Waals surface area (Å²) in [6.07, 6.45) is 1.75. The predicted octanol–water partition coefficient (Wildman–Crippen LogP) is 2.79. The molecule has 1 aromatic carbocycles. The van der Waals surface area contributed by atoms with E-state index in [1.807, 2.05) is 44.1 Å². The first-order valence-electron chi connectivity index (χ1n) is 5.33. The van der Waals surface area contributed by atoms with Gasteiger partial charge in [-0.1, -0.05) is 24.8 Å². The number of rotatable bonds is 1. The van der Waals surface area contributed by atoms with Gasteiger partial charge in [0.05, 0.1) is 0 Å². The van der Waals surface area contributed by atoms with Gasteiger partial charge >= 0.3 is 5.63 Å². The minimum atomic E-state index is -0.286. The molecule has 0 atom stereocenters. The van der Waals surface area contributed by atoms with Crippen LogP contribution in [0.3, 0.4) is 0 Å². The molecule has 0 saturated heterocycles. The molecule has 0 aliphatic rings. The Morgan fingerprint density at radius 2 is 1.88 bits per heavy atom. The van der Waals surface area contributed by atoms with Crippen LogP contribution >= 0.6 is 0 Å². The van der Waals surface area contributed by atoms with E-state index in [4.69, 9.17) is 4.42 Å². The molecular weight excluding hydrogens is 214 g/mol. The number of aryl methyl sites for hydroxylation is 1. The van der Waals surface area contributed by atoms with Crippen molar-refractivity contribution < 1.29 is 4.42 Å². The first kappa shape index (κ1) is 13.0. The minimum Gasteiger partial charge on any atom is -0.423 e. The lowest BCUT2D eigenvalue weighted by Crippen LogP contribution is -1.97. The maximum absolute atomic E-state index is 10.9. The van der Waals surface area contributed by atoms with Gasteiger partial charge in [-0.25, -0.2) is 4.79 Å². The number of para-hydroxylation sites is 1. The zero-order chi connectivity index (χ0) is 12.8. The van der Waals surface area contributed by atoms with Gasteiger partial charge in [0, 0.05) is 25.5 Å². The van der Waals surface area contributed by atoms with Gasteiger partial charge in [0.25, 0.3) is 0 Å². The maximum atomic E-state index is 10.9. The van der Waals surface area contributed by atoms with Crippen LogP contribution in [-0.2, 0) is 0 Å². The molecule has 2 aromatic rings. The molecule has 0 amide bonds. The summed E-state index contributed by atoms with van der Waals surface area (Å²) in [4.78, 5) is 12.8. The Hall–Kier alpha value is -2.03. The Morgan fingerprint density at radius 3 is 2.47 bits per heavy atom. The highest BCUT2D eigenvalue weighted by Crippen LogP contribution is 2.14. The second-order valence-electron chi connectivity index (χ2n) is 3.89. The van der Waals surface area contributed by atoms with Crippen LogP contribution in [0.1, 0.15) is 5.56 Å². The lowest BCUT2D eigenvalue weighted by atomic mass is 10.1. The third-order valence-electron chi connectivity index (χ3n) is 2.22. The average molecular weight is 231 g/mol. The molecule has 17 heavy (non-hydrogen) atoms. The Kier molecular flexibility index (Phi) is 4.52. The fourth-order valence-corrected chi connectivity index (χ4v) is 1.27. The zero-order valence-corrected chi connectivity index (χ0v) is 10.4. The standard InChI is InChI=1S/C10H8O2.C4H9N/c1-7-6-10(11)12-9-5-3-2-4-8(7)9;1-4-5(2)3/h2-6H,1H3;4H,1H2,2-3H3. The first-order chi connectivity index (χ1) is 8.04. The highest BCUT2D eigenvalue weighted by atomic mass is 16.4. The molecule has 0 aliphatic carbocycles. The van der Waals surface area contributed by atoms with E-state index >= 15 is 0 Å². The van der Waals surface area contributed by atoms with Gasteiger partial charge < -0.3 is 9.32 Å². The van der Waals surface area contributed by atoms with E-state index in [9.17, 15) is 4.79 Å². The second kappa shape index (κ2) is 5.89. The highest BCUT2D eigenvalue weighted by molar-refractivity contribution is 5.79. The molecule has 3 heteroatoms. The summed E-state index contributed by atoms with van der Waals surface area (Å²) in [5, 5.41) is 0.997. The summed E-state index contributed by atoms with van der Waals surface area (Å²) in [7, 11) is 3.88. The van der Waals surface area contributed by atoms with Crippen LogP contribution in [0.15, 0.2) is 52.3 Å². The van der Waals surface area contributed by atoms with E-state index in [0.717, 1.165) is 10.9 Å². The molecule has 2 rings (SSSR count). The Labute approximate surface area is 101 Å². The smallest absolute Gasteiger partial charge is 0.336 e. The van der Waals surface area contributed by atoms with Crippen molar-refractivity contribution in [2.24, 2.45) is 0 Å². The van der Waals surface area contributed by atoms with E-state index in [1.165, 1.54) is 6.07 Å². The number of hydrogen-bond acceptors (Lipinski definition) is 3. The van der Waals surface area contributed by atoms with Gasteiger partial charge in [0.2, 0.25) is 0 Å². The van der Waals surface area contributed by atoms with Gasteiger partial charge in [-0.15, -0.1) is 0 Å². The number of fused-ring (bicyclic) bond motifs is 1. The van der Waals surface area contributed by atoms with Crippen molar-refractivity contribution in [3.05, 3.63) is 59.1 Å². The van der Waals surface area contributed by atoms with Crippen LogP contribution < -0.4 is 5.63 Å². The predicted molar refractivity (Wildman–Crippen MR) is 71.1 cm³/mol. The molecule has 0 N–H and O–H groups in total. The summed E-state index contributed by atoms with van der Waals surface area (Å²) in [5.41, 5.74) is 1.33. The van der Waals surface area contributed by atoms with Crippen LogP contribution in [0.2, 0.25) is 0 Å². The van der Waals surface area contributed by atoms with Gasteiger partial charge in [-0.2, -0.15) is 0 Å². The number of benzene rings is 1. The Balaban J connectivity index is 0.000000249. The van der Waals surface area contributed by atoms with Gasteiger partial charge in [0.15, 0.2) is 0 Å². The fraction of sp³-hybridized carbons (Fsp3) is 0.214. The molecule has 0 unspecified atom stereocenters. The quantitative estimate of drug-likeness (QED) is 0.708. The van der Waals surface area contributed by atoms with Crippen LogP contribution in [0, 0.1) is 6.92 Å². The molecule has 0 aliphatic heterocycles. The zero-order valence-electron chi connectivity index (χ0n) is 10.4. The van der Waals surface area contributed by atoms with Crippen molar-refractivity contribution in [3.63, 3.8) is 0 Å². The molecule has 0 spiro atoms. The molecular formula is C14H17NO2. The number of hydrogen-bond donors (Lipinski definition) is 0. The number of nitrogens with zero attached hydrogens (tertiary/aromatic N) is 1. The van der Waals surface area contributed by atoms with Crippen LogP contribution in [0.4, 0.5) is 0 Å². The molecule has 1 aromatic heterocycles. The van der Waals surface area contributed by atoms with E-state index in [-0.39, 0.29) is 5.63 Å². The van der Waals surface area contributed by atoms with Crippen LogP contribution in [0.25, 0.3) is 11.0 Å². The summed E-state index contributed by atoms with van der Waals surface area (Å²) in [6, 6.07) is 9.01.